The fourth-order valence-electron chi connectivity index (χ4n) is 3.27. The smallest absolute Gasteiger partial charge is 0.184 e. The molecule has 0 bridgehead atoms. The molecule has 4 heteroatoms. The van der Waals surface area contributed by atoms with Gasteiger partial charge in [-0.1, -0.05) is 25.3 Å². The molecule has 118 valence electrons. The Labute approximate surface area is 125 Å². The van der Waals surface area contributed by atoms with E-state index in [2.05, 4.69) is 32.3 Å². The van der Waals surface area contributed by atoms with E-state index in [1.807, 2.05) is 0 Å². The Morgan fingerprint density at radius 1 is 1.20 bits per heavy atom. The molecule has 0 aromatic heterocycles. The van der Waals surface area contributed by atoms with Gasteiger partial charge in [0.1, 0.15) is 0 Å². The van der Waals surface area contributed by atoms with Crippen molar-refractivity contribution in [1.82, 2.24) is 0 Å². The van der Waals surface area contributed by atoms with E-state index >= 15 is 0 Å². The first-order valence-electron chi connectivity index (χ1n) is 7.76. The van der Waals surface area contributed by atoms with Crippen LogP contribution in [-0.2, 0) is 13.9 Å². The first kappa shape index (κ1) is 17.9. The van der Waals surface area contributed by atoms with E-state index in [4.69, 9.17) is 13.9 Å². The number of ether oxygens (including phenoxy) is 2. The van der Waals surface area contributed by atoms with Crippen LogP contribution in [0.4, 0.5) is 0 Å². The molecule has 0 N–H and O–H groups in total. The van der Waals surface area contributed by atoms with Crippen molar-refractivity contribution < 1.29 is 13.9 Å². The lowest BCUT2D eigenvalue weighted by atomic mass is 9.81. The minimum atomic E-state index is -1.63. The van der Waals surface area contributed by atoms with Crippen LogP contribution in [0.3, 0.4) is 0 Å². The summed E-state index contributed by atoms with van der Waals surface area (Å²) in [7, 11) is 1.79. The zero-order chi connectivity index (χ0) is 15.2. The molecule has 1 aliphatic carbocycles. The van der Waals surface area contributed by atoms with E-state index in [0.29, 0.717) is 5.92 Å². The number of rotatable bonds is 7. The van der Waals surface area contributed by atoms with Gasteiger partial charge in [-0.2, -0.15) is 0 Å². The number of hydrogen-bond acceptors (Lipinski definition) is 3. The summed E-state index contributed by atoms with van der Waals surface area (Å²) in [4.78, 5) is 0. The molecule has 0 radical (unpaired) electrons. The predicted molar refractivity (Wildman–Crippen MR) is 86.4 cm³/mol. The van der Waals surface area contributed by atoms with Crippen molar-refractivity contribution in [3.8, 4) is 0 Å². The number of methoxy groups -OCH3 is 2. The van der Waals surface area contributed by atoms with Gasteiger partial charge in [0.15, 0.2) is 14.6 Å². The summed E-state index contributed by atoms with van der Waals surface area (Å²) < 4.78 is 17.4. The van der Waals surface area contributed by atoms with Gasteiger partial charge in [0.2, 0.25) is 0 Å². The quantitative estimate of drug-likeness (QED) is 0.303. The Balaban J connectivity index is 2.95. The molecule has 0 saturated heterocycles. The molecule has 1 saturated carbocycles. The third kappa shape index (κ3) is 4.99. The third-order valence-electron chi connectivity index (χ3n) is 4.16. The predicted octanol–water partition coefficient (Wildman–Crippen LogP) is 4.35. The Morgan fingerprint density at radius 2 is 1.85 bits per heavy atom. The van der Waals surface area contributed by atoms with Crippen LogP contribution in [0.25, 0.3) is 0 Å². The Morgan fingerprint density at radius 3 is 2.35 bits per heavy atom. The average Bonchev–Trinajstić information content (AvgIpc) is 2.57. The molecule has 0 aromatic rings. The molecule has 1 aliphatic rings. The van der Waals surface area contributed by atoms with Gasteiger partial charge in [-0.3, -0.25) is 0 Å². The topological polar surface area (TPSA) is 27.7 Å². The standard InChI is InChI=1S/C16H32O3Si/c1-7-16(19-20(4,5)6)12-10-8-9-11-14(16)13-15(17-2)18-3/h7,14-15H,1,8-13H2,2-6H3/t14-,16-/m1/s1. The van der Waals surface area contributed by atoms with Gasteiger partial charge in [-0.15, -0.1) is 6.58 Å². The van der Waals surface area contributed by atoms with E-state index < -0.39 is 8.32 Å². The normalized spacial score (nSPS) is 28.4. The fraction of sp³-hybridized carbons (Fsp3) is 0.875. The molecule has 0 aliphatic heterocycles. The highest BCUT2D eigenvalue weighted by Gasteiger charge is 2.42. The molecule has 20 heavy (non-hydrogen) atoms. The third-order valence-corrected chi connectivity index (χ3v) is 5.15. The molecule has 0 heterocycles. The summed E-state index contributed by atoms with van der Waals surface area (Å²) in [5, 5.41) is 0. The molecule has 0 aromatic carbocycles. The van der Waals surface area contributed by atoms with Crippen molar-refractivity contribution >= 4 is 8.32 Å². The van der Waals surface area contributed by atoms with Crippen LogP contribution in [0.5, 0.6) is 0 Å². The Kier molecular flexibility index (Phi) is 6.92. The maximum Gasteiger partial charge on any atom is 0.184 e. The highest BCUT2D eigenvalue weighted by molar-refractivity contribution is 6.69. The van der Waals surface area contributed by atoms with Crippen LogP contribution in [-0.4, -0.2) is 34.4 Å². The lowest BCUT2D eigenvalue weighted by Gasteiger charge is -2.43. The van der Waals surface area contributed by atoms with Crippen LogP contribution >= 0.6 is 0 Å². The van der Waals surface area contributed by atoms with Gasteiger partial charge in [-0.05, 0) is 38.4 Å². The summed E-state index contributed by atoms with van der Waals surface area (Å²) in [6, 6.07) is 0. The zero-order valence-corrected chi connectivity index (χ0v) is 14.9. The van der Waals surface area contributed by atoms with Crippen LogP contribution < -0.4 is 0 Å². The van der Waals surface area contributed by atoms with Gasteiger partial charge in [0.05, 0.1) is 5.60 Å². The van der Waals surface area contributed by atoms with Gasteiger partial charge >= 0.3 is 0 Å². The van der Waals surface area contributed by atoms with Crippen LogP contribution in [0.15, 0.2) is 12.7 Å². The second-order valence-corrected chi connectivity index (χ2v) is 11.2. The maximum absolute atomic E-state index is 6.61. The maximum atomic E-state index is 6.61. The Bertz CT molecular complexity index is 297. The van der Waals surface area contributed by atoms with E-state index in [9.17, 15) is 0 Å². The van der Waals surface area contributed by atoms with Crippen LogP contribution in [0.1, 0.15) is 38.5 Å². The van der Waals surface area contributed by atoms with Gasteiger partial charge in [-0.25, -0.2) is 0 Å². The van der Waals surface area contributed by atoms with Crippen molar-refractivity contribution in [3.05, 3.63) is 12.7 Å². The lowest BCUT2D eigenvalue weighted by molar-refractivity contribution is -0.127. The second-order valence-electron chi connectivity index (χ2n) is 6.81. The molecule has 2 atom stereocenters. The molecule has 0 unspecified atom stereocenters. The Hall–Kier alpha value is -0.163. The summed E-state index contributed by atoms with van der Waals surface area (Å²) in [6.07, 6.45) is 8.79. The van der Waals surface area contributed by atoms with Crippen LogP contribution in [0, 0.1) is 5.92 Å². The zero-order valence-electron chi connectivity index (χ0n) is 13.9. The van der Waals surface area contributed by atoms with Crippen molar-refractivity contribution in [1.29, 1.82) is 0 Å². The van der Waals surface area contributed by atoms with Crippen molar-refractivity contribution in [2.45, 2.75) is 70.1 Å². The summed E-state index contributed by atoms with van der Waals surface area (Å²) in [6.45, 7) is 10.9. The first-order valence-corrected chi connectivity index (χ1v) is 11.2. The second kappa shape index (κ2) is 7.73. The molecule has 0 spiro atoms. The van der Waals surface area contributed by atoms with E-state index in [0.717, 1.165) is 12.8 Å². The largest absolute Gasteiger partial charge is 0.408 e. The SMILES string of the molecule is C=C[C@@]1(O[Si](C)(C)C)CCCCC[C@@H]1CC(OC)OC. The highest BCUT2D eigenvalue weighted by Crippen LogP contribution is 2.41. The van der Waals surface area contributed by atoms with Crippen molar-refractivity contribution in [3.63, 3.8) is 0 Å². The van der Waals surface area contributed by atoms with Crippen molar-refractivity contribution in [2.24, 2.45) is 5.92 Å². The lowest BCUT2D eigenvalue weighted by Crippen LogP contribution is -2.47. The molecule has 3 nitrogen and oxygen atoms in total. The summed E-state index contributed by atoms with van der Waals surface area (Å²) in [5.74, 6) is 0.430. The number of hydrogen-bond donors (Lipinski definition) is 0. The van der Waals surface area contributed by atoms with Gasteiger partial charge in [0.25, 0.3) is 0 Å². The van der Waals surface area contributed by atoms with Gasteiger partial charge in [0, 0.05) is 20.6 Å². The van der Waals surface area contributed by atoms with Crippen LogP contribution in [0.2, 0.25) is 19.6 Å². The molecule has 1 fully saturated rings. The van der Waals surface area contributed by atoms with Gasteiger partial charge < -0.3 is 13.9 Å². The molecular formula is C16H32O3Si. The molecule has 0 amide bonds. The fourth-order valence-corrected chi connectivity index (χ4v) is 4.76. The summed E-state index contributed by atoms with van der Waals surface area (Å²) >= 11 is 0. The minimum Gasteiger partial charge on any atom is -0.408 e. The summed E-state index contributed by atoms with van der Waals surface area (Å²) in [5.41, 5.74) is -0.198. The van der Waals surface area contributed by atoms with Crippen molar-refractivity contribution in [2.75, 3.05) is 14.2 Å². The highest BCUT2D eigenvalue weighted by atomic mass is 28.4. The monoisotopic (exact) mass is 300 g/mol. The molecular weight excluding hydrogens is 268 g/mol. The average molecular weight is 301 g/mol. The minimum absolute atomic E-state index is 0.150. The molecule has 1 rings (SSSR count). The van der Waals surface area contributed by atoms with E-state index in [1.54, 1.807) is 14.2 Å². The van der Waals surface area contributed by atoms with E-state index in [1.165, 1.54) is 25.7 Å². The first-order chi connectivity index (χ1) is 9.37. The van der Waals surface area contributed by atoms with E-state index in [-0.39, 0.29) is 11.9 Å².